The molecule has 0 spiro atoms. The molecule has 2 N–H and O–H groups in total. The molecule has 2 aromatic rings. The van der Waals surface area contributed by atoms with Gasteiger partial charge in [-0.25, -0.2) is 9.59 Å². The van der Waals surface area contributed by atoms with Crippen molar-refractivity contribution in [2.24, 2.45) is 0 Å². The second kappa shape index (κ2) is 10.4. The zero-order valence-electron chi connectivity index (χ0n) is 18.4. The zero-order valence-corrected chi connectivity index (χ0v) is 18.4. The Morgan fingerprint density at radius 3 is 2.50 bits per heavy atom. The summed E-state index contributed by atoms with van der Waals surface area (Å²) in [6.45, 7) is 2.18. The third-order valence-electron chi connectivity index (χ3n) is 6.00. The van der Waals surface area contributed by atoms with Crippen LogP contribution in [0.15, 0.2) is 65.9 Å². The minimum absolute atomic E-state index is 0.0656. The van der Waals surface area contributed by atoms with Gasteiger partial charge in [0, 0.05) is 5.70 Å². The van der Waals surface area contributed by atoms with Crippen molar-refractivity contribution in [1.82, 2.24) is 10.6 Å². The maximum atomic E-state index is 13.2. The van der Waals surface area contributed by atoms with E-state index in [0.717, 1.165) is 36.8 Å². The van der Waals surface area contributed by atoms with Crippen LogP contribution in [-0.2, 0) is 16.1 Å². The van der Waals surface area contributed by atoms with E-state index in [9.17, 15) is 9.59 Å². The monoisotopic (exact) mass is 434 g/mol. The van der Waals surface area contributed by atoms with E-state index in [1.54, 1.807) is 6.92 Å². The molecule has 1 atom stereocenters. The van der Waals surface area contributed by atoms with Gasteiger partial charge in [-0.05, 0) is 55.9 Å². The minimum atomic E-state index is -0.595. The molecule has 0 saturated heterocycles. The van der Waals surface area contributed by atoms with Crippen molar-refractivity contribution in [2.75, 3.05) is 0 Å². The van der Waals surface area contributed by atoms with Gasteiger partial charge in [0.05, 0.1) is 11.6 Å². The number of esters is 1. The van der Waals surface area contributed by atoms with Crippen LogP contribution in [-0.4, -0.2) is 18.1 Å². The molecule has 1 fully saturated rings. The van der Waals surface area contributed by atoms with E-state index < -0.39 is 6.04 Å². The quantitative estimate of drug-likeness (QED) is 0.486. The highest BCUT2D eigenvalue weighted by molar-refractivity contribution is 5.95. The van der Waals surface area contributed by atoms with Crippen LogP contribution in [0.3, 0.4) is 0 Å². The van der Waals surface area contributed by atoms with Gasteiger partial charge in [0.25, 0.3) is 0 Å². The van der Waals surface area contributed by atoms with E-state index in [1.165, 1.54) is 12.8 Å². The fourth-order valence-electron chi connectivity index (χ4n) is 4.31. The summed E-state index contributed by atoms with van der Waals surface area (Å²) in [5.41, 5.74) is 2.80. The first-order chi connectivity index (χ1) is 15.6. The summed E-state index contributed by atoms with van der Waals surface area (Å²) < 4.78 is 11.8. The second-order valence-corrected chi connectivity index (χ2v) is 8.44. The third kappa shape index (κ3) is 5.49. The maximum Gasteiger partial charge on any atom is 0.338 e. The first-order valence-electron chi connectivity index (χ1n) is 11.4. The number of hydrogen-bond donors (Lipinski definition) is 2. The zero-order chi connectivity index (χ0) is 22.3. The summed E-state index contributed by atoms with van der Waals surface area (Å²) in [5, 5.41) is 5.60. The molecule has 32 heavy (non-hydrogen) atoms. The molecule has 168 valence electrons. The summed E-state index contributed by atoms with van der Waals surface area (Å²) in [6, 6.07) is 16.5. The van der Waals surface area contributed by atoms with E-state index in [0.29, 0.717) is 23.6 Å². The number of amides is 2. The van der Waals surface area contributed by atoms with Crippen molar-refractivity contribution >= 4 is 12.0 Å². The molecule has 1 saturated carbocycles. The van der Waals surface area contributed by atoms with Crippen molar-refractivity contribution in [3.63, 3.8) is 0 Å². The largest absolute Gasteiger partial charge is 0.489 e. The number of benzene rings is 2. The molecule has 0 bridgehead atoms. The molecular weight excluding hydrogens is 404 g/mol. The minimum Gasteiger partial charge on any atom is -0.489 e. The summed E-state index contributed by atoms with van der Waals surface area (Å²) in [7, 11) is 0. The van der Waals surface area contributed by atoms with E-state index in [2.05, 4.69) is 10.6 Å². The molecule has 2 aliphatic rings. The van der Waals surface area contributed by atoms with Gasteiger partial charge in [0.2, 0.25) is 0 Å². The van der Waals surface area contributed by atoms with Crippen molar-refractivity contribution < 1.29 is 19.1 Å². The molecule has 0 aromatic heterocycles. The highest BCUT2D eigenvalue weighted by Crippen LogP contribution is 2.31. The molecular formula is C26H30N2O4. The Kier molecular flexibility index (Phi) is 7.10. The van der Waals surface area contributed by atoms with Gasteiger partial charge in [-0.3, -0.25) is 0 Å². The van der Waals surface area contributed by atoms with Crippen LogP contribution in [0, 0.1) is 0 Å². The second-order valence-electron chi connectivity index (χ2n) is 8.44. The Morgan fingerprint density at radius 2 is 1.75 bits per heavy atom. The smallest absolute Gasteiger partial charge is 0.338 e. The average molecular weight is 435 g/mol. The highest BCUT2D eigenvalue weighted by Gasteiger charge is 2.33. The predicted molar refractivity (Wildman–Crippen MR) is 122 cm³/mol. The molecule has 6 nitrogen and oxygen atoms in total. The number of carbonyl (C=O) groups excluding carboxylic acids is 2. The molecule has 6 heteroatoms. The fraction of sp³-hybridized carbons (Fsp3) is 0.385. The van der Waals surface area contributed by atoms with Crippen molar-refractivity contribution in [1.29, 1.82) is 0 Å². The first kappa shape index (κ1) is 21.9. The summed E-state index contributed by atoms with van der Waals surface area (Å²) >= 11 is 0. The van der Waals surface area contributed by atoms with Crippen LogP contribution in [0.25, 0.3) is 0 Å². The van der Waals surface area contributed by atoms with Crippen LogP contribution >= 0.6 is 0 Å². The van der Waals surface area contributed by atoms with E-state index in [1.807, 2.05) is 54.6 Å². The van der Waals surface area contributed by atoms with Crippen LogP contribution in [0.5, 0.6) is 5.75 Å². The van der Waals surface area contributed by atoms with Crippen LogP contribution in [0.1, 0.15) is 62.6 Å². The van der Waals surface area contributed by atoms with Crippen LogP contribution in [0.4, 0.5) is 4.79 Å². The third-order valence-corrected chi connectivity index (χ3v) is 6.00. The van der Waals surface area contributed by atoms with E-state index in [4.69, 9.17) is 9.47 Å². The van der Waals surface area contributed by atoms with Crippen molar-refractivity contribution in [2.45, 2.75) is 64.2 Å². The van der Waals surface area contributed by atoms with Crippen LogP contribution < -0.4 is 15.4 Å². The lowest BCUT2D eigenvalue weighted by Crippen LogP contribution is -2.45. The first-order valence-corrected chi connectivity index (χ1v) is 11.4. The topological polar surface area (TPSA) is 76.7 Å². The normalized spacial score (nSPS) is 19.5. The van der Waals surface area contributed by atoms with E-state index in [-0.39, 0.29) is 18.1 Å². The number of carbonyl (C=O) groups is 2. The lowest BCUT2D eigenvalue weighted by Gasteiger charge is -2.29. The molecule has 0 radical (unpaired) electrons. The predicted octanol–water partition coefficient (Wildman–Crippen LogP) is 5.16. The lowest BCUT2D eigenvalue weighted by molar-refractivity contribution is -0.145. The van der Waals surface area contributed by atoms with Gasteiger partial charge in [-0.15, -0.1) is 0 Å². The Bertz CT molecular complexity index is 978. The van der Waals surface area contributed by atoms with Gasteiger partial charge in [-0.1, -0.05) is 55.3 Å². The van der Waals surface area contributed by atoms with Gasteiger partial charge < -0.3 is 20.1 Å². The Morgan fingerprint density at radius 1 is 1.00 bits per heavy atom. The number of nitrogens with one attached hydrogen (secondary N) is 2. The summed E-state index contributed by atoms with van der Waals surface area (Å²) in [4.78, 5) is 25.4. The molecule has 1 aliphatic carbocycles. The van der Waals surface area contributed by atoms with Gasteiger partial charge in [0.15, 0.2) is 0 Å². The van der Waals surface area contributed by atoms with Crippen molar-refractivity contribution in [3.05, 3.63) is 77.0 Å². The fourth-order valence-corrected chi connectivity index (χ4v) is 4.31. The Labute approximate surface area is 189 Å². The molecule has 1 heterocycles. The molecule has 2 amide bonds. The molecule has 2 aromatic carbocycles. The number of allylic oxidation sites excluding steroid dienone is 1. The maximum absolute atomic E-state index is 13.2. The van der Waals surface area contributed by atoms with Gasteiger partial charge >= 0.3 is 12.0 Å². The Hall–Kier alpha value is -3.28. The number of urea groups is 1. The number of ether oxygens (including phenoxy) is 2. The Balaban J connectivity index is 1.52. The van der Waals surface area contributed by atoms with Crippen molar-refractivity contribution in [3.8, 4) is 5.75 Å². The van der Waals surface area contributed by atoms with Crippen LogP contribution in [0.2, 0.25) is 0 Å². The summed E-state index contributed by atoms with van der Waals surface area (Å²) in [6.07, 6.45) is 6.25. The number of hydrogen-bond acceptors (Lipinski definition) is 4. The lowest BCUT2D eigenvalue weighted by atomic mass is 9.95. The average Bonchev–Trinajstić information content (AvgIpc) is 3.06. The molecule has 4 rings (SSSR count). The van der Waals surface area contributed by atoms with Gasteiger partial charge in [-0.2, -0.15) is 0 Å². The summed E-state index contributed by atoms with van der Waals surface area (Å²) in [5.74, 6) is 0.302. The highest BCUT2D eigenvalue weighted by atomic mass is 16.5. The van der Waals surface area contributed by atoms with Gasteiger partial charge in [0.1, 0.15) is 18.5 Å². The SMILES string of the molecule is CC1=C(C(=O)OC2CCCCCC2)[C@@H](c2cccc(OCc3ccccc3)c2)NC(=O)N1. The molecule has 0 unspecified atom stereocenters. The standard InChI is InChI=1S/C26H30N2O4/c1-18-23(25(29)32-21-13-7-2-3-8-14-21)24(28-26(30)27-18)20-12-9-15-22(16-20)31-17-19-10-5-4-6-11-19/h4-6,9-12,15-16,21,24H,2-3,7-8,13-14,17H2,1H3,(H2,27,28,30)/t24-/m1/s1. The number of rotatable bonds is 6. The van der Waals surface area contributed by atoms with E-state index >= 15 is 0 Å². The molecule has 1 aliphatic heterocycles.